The summed E-state index contributed by atoms with van der Waals surface area (Å²) in [7, 11) is 0. The van der Waals surface area contributed by atoms with E-state index < -0.39 is 11.9 Å². The van der Waals surface area contributed by atoms with Gasteiger partial charge in [-0.3, -0.25) is 0 Å². The van der Waals surface area contributed by atoms with Crippen LogP contribution in [0.25, 0.3) is 0 Å². The number of rotatable bonds is 6. The van der Waals surface area contributed by atoms with E-state index in [2.05, 4.69) is 0 Å². The molecule has 25 heavy (non-hydrogen) atoms. The summed E-state index contributed by atoms with van der Waals surface area (Å²) in [4.78, 5) is 23.7. The van der Waals surface area contributed by atoms with Gasteiger partial charge in [0, 0.05) is 21.7 Å². The van der Waals surface area contributed by atoms with Crippen LogP contribution in [0.15, 0.2) is 60.2 Å². The van der Waals surface area contributed by atoms with Crippen molar-refractivity contribution in [2.45, 2.75) is 20.1 Å². The third-order valence-corrected chi connectivity index (χ3v) is 3.74. The molecule has 4 nitrogen and oxygen atoms in total. The van der Waals surface area contributed by atoms with E-state index in [0.717, 1.165) is 17.2 Å². The Kier molecular flexibility index (Phi) is 7.04. The van der Waals surface area contributed by atoms with Crippen molar-refractivity contribution < 1.29 is 19.1 Å². The van der Waals surface area contributed by atoms with Crippen molar-refractivity contribution in [2.75, 3.05) is 0 Å². The van der Waals surface area contributed by atoms with Crippen LogP contribution in [0.3, 0.4) is 0 Å². The van der Waals surface area contributed by atoms with Gasteiger partial charge in [0.1, 0.15) is 13.2 Å². The van der Waals surface area contributed by atoms with E-state index in [-0.39, 0.29) is 18.8 Å². The highest BCUT2D eigenvalue weighted by Crippen LogP contribution is 2.12. The zero-order valence-electron chi connectivity index (χ0n) is 13.5. The lowest BCUT2D eigenvalue weighted by Crippen LogP contribution is -2.09. The van der Waals surface area contributed by atoms with Gasteiger partial charge in [-0.25, -0.2) is 9.59 Å². The van der Waals surface area contributed by atoms with E-state index in [4.69, 9.17) is 32.7 Å². The second-order valence-corrected chi connectivity index (χ2v) is 6.14. The standard InChI is InChI=1S/C19H16Cl2O4/c1-13(19(23)25-12-15-4-8-17(21)9-5-15)10-18(22)24-11-14-2-6-16(20)7-3-14/h2-10H,11-12H2,1H3/b13-10+. The van der Waals surface area contributed by atoms with Crippen molar-refractivity contribution in [3.05, 3.63) is 81.4 Å². The highest BCUT2D eigenvalue weighted by molar-refractivity contribution is 6.30. The molecule has 0 heterocycles. The quantitative estimate of drug-likeness (QED) is 0.538. The Labute approximate surface area is 156 Å². The first-order valence-electron chi connectivity index (χ1n) is 7.45. The van der Waals surface area contributed by atoms with Crippen LogP contribution < -0.4 is 0 Å². The van der Waals surface area contributed by atoms with E-state index in [1.807, 2.05) is 0 Å². The van der Waals surface area contributed by atoms with Crippen molar-refractivity contribution in [2.24, 2.45) is 0 Å². The molecule has 0 fully saturated rings. The molecule has 0 atom stereocenters. The average molecular weight is 379 g/mol. The van der Waals surface area contributed by atoms with E-state index in [0.29, 0.717) is 10.0 Å². The summed E-state index contributed by atoms with van der Waals surface area (Å²) in [5, 5.41) is 1.21. The molecular weight excluding hydrogens is 363 g/mol. The van der Waals surface area contributed by atoms with Crippen LogP contribution in [0.1, 0.15) is 18.1 Å². The number of hydrogen-bond acceptors (Lipinski definition) is 4. The molecule has 0 amide bonds. The van der Waals surface area contributed by atoms with Crippen molar-refractivity contribution >= 4 is 35.1 Å². The minimum atomic E-state index is -0.615. The van der Waals surface area contributed by atoms with Crippen LogP contribution >= 0.6 is 23.2 Å². The number of esters is 2. The molecule has 0 spiro atoms. The first-order chi connectivity index (χ1) is 11.9. The summed E-state index contributed by atoms with van der Waals surface area (Å²) in [6.45, 7) is 1.69. The highest BCUT2D eigenvalue weighted by Gasteiger charge is 2.09. The molecule has 6 heteroatoms. The second-order valence-electron chi connectivity index (χ2n) is 5.26. The van der Waals surface area contributed by atoms with E-state index in [9.17, 15) is 9.59 Å². The molecule has 0 aliphatic heterocycles. The summed E-state index contributed by atoms with van der Waals surface area (Å²) in [5.41, 5.74) is 1.76. The van der Waals surface area contributed by atoms with Gasteiger partial charge in [0.2, 0.25) is 0 Å². The predicted octanol–water partition coefficient (Wildman–Crippen LogP) is 4.73. The summed E-state index contributed by atoms with van der Waals surface area (Å²) in [6, 6.07) is 13.9. The Hall–Kier alpha value is -2.30. The van der Waals surface area contributed by atoms with Crippen LogP contribution in [0.5, 0.6) is 0 Å². The number of benzene rings is 2. The van der Waals surface area contributed by atoms with Crippen molar-refractivity contribution in [3.8, 4) is 0 Å². The molecule has 0 saturated heterocycles. The first kappa shape index (κ1) is 19.0. The van der Waals surface area contributed by atoms with Gasteiger partial charge in [-0.2, -0.15) is 0 Å². The number of ether oxygens (including phenoxy) is 2. The third kappa shape index (κ3) is 6.61. The molecule has 130 valence electrons. The third-order valence-electron chi connectivity index (χ3n) is 3.23. The topological polar surface area (TPSA) is 52.6 Å². The van der Waals surface area contributed by atoms with Gasteiger partial charge in [0.05, 0.1) is 0 Å². The number of hydrogen-bond donors (Lipinski definition) is 0. The fourth-order valence-corrected chi connectivity index (χ4v) is 2.11. The minimum Gasteiger partial charge on any atom is -0.458 e. The SMILES string of the molecule is C/C(=C\C(=O)OCc1ccc(Cl)cc1)C(=O)OCc1ccc(Cl)cc1. The minimum absolute atomic E-state index is 0.0968. The predicted molar refractivity (Wildman–Crippen MR) is 96.3 cm³/mol. The van der Waals surface area contributed by atoms with Crippen molar-refractivity contribution in [1.29, 1.82) is 0 Å². The molecule has 0 aliphatic rings. The van der Waals surface area contributed by atoms with Crippen molar-refractivity contribution in [1.82, 2.24) is 0 Å². The number of carbonyl (C=O) groups excluding carboxylic acids is 2. The van der Waals surface area contributed by atoms with E-state index >= 15 is 0 Å². The molecule has 0 radical (unpaired) electrons. The van der Waals surface area contributed by atoms with Gasteiger partial charge < -0.3 is 9.47 Å². The molecule has 2 aromatic carbocycles. The molecular formula is C19H16Cl2O4. The Bertz CT molecular complexity index is 765. The molecule has 0 bridgehead atoms. The van der Waals surface area contributed by atoms with Crippen LogP contribution in [0.4, 0.5) is 0 Å². The second kappa shape index (κ2) is 9.25. The Morgan fingerprint density at radius 3 is 1.76 bits per heavy atom. The molecule has 0 saturated carbocycles. The summed E-state index contributed by atoms with van der Waals surface area (Å²) < 4.78 is 10.2. The van der Waals surface area contributed by atoms with E-state index in [1.165, 1.54) is 6.92 Å². The molecule has 2 aromatic rings. The zero-order chi connectivity index (χ0) is 18.2. The lowest BCUT2D eigenvalue weighted by atomic mass is 10.2. The number of carbonyl (C=O) groups is 2. The van der Waals surface area contributed by atoms with Gasteiger partial charge >= 0.3 is 11.9 Å². The fourth-order valence-electron chi connectivity index (χ4n) is 1.86. The van der Waals surface area contributed by atoms with Crippen LogP contribution in [0.2, 0.25) is 10.0 Å². The normalized spacial score (nSPS) is 11.1. The number of halogens is 2. The Morgan fingerprint density at radius 2 is 1.28 bits per heavy atom. The van der Waals surface area contributed by atoms with Gasteiger partial charge in [0.15, 0.2) is 0 Å². The lowest BCUT2D eigenvalue weighted by molar-refractivity contribution is -0.142. The van der Waals surface area contributed by atoms with Gasteiger partial charge in [-0.05, 0) is 42.3 Å². The molecule has 2 rings (SSSR count). The van der Waals surface area contributed by atoms with E-state index in [1.54, 1.807) is 48.5 Å². The van der Waals surface area contributed by atoms with Gasteiger partial charge in [-0.15, -0.1) is 0 Å². The monoisotopic (exact) mass is 378 g/mol. The summed E-state index contributed by atoms with van der Waals surface area (Å²) >= 11 is 11.6. The largest absolute Gasteiger partial charge is 0.458 e. The molecule has 0 aromatic heterocycles. The van der Waals surface area contributed by atoms with Crippen molar-refractivity contribution in [3.63, 3.8) is 0 Å². The molecule has 0 unspecified atom stereocenters. The fraction of sp³-hybridized carbons (Fsp3) is 0.158. The maximum atomic E-state index is 11.9. The smallest absolute Gasteiger partial charge is 0.334 e. The molecule has 0 N–H and O–H groups in total. The summed E-state index contributed by atoms with van der Waals surface area (Å²) in [5.74, 6) is -1.20. The van der Waals surface area contributed by atoms with Gasteiger partial charge in [-0.1, -0.05) is 47.5 Å². The van der Waals surface area contributed by atoms with Crippen LogP contribution in [0, 0.1) is 0 Å². The Balaban J connectivity index is 1.81. The summed E-state index contributed by atoms with van der Waals surface area (Å²) in [6.07, 6.45) is 1.11. The maximum Gasteiger partial charge on any atom is 0.334 e. The van der Waals surface area contributed by atoms with Gasteiger partial charge in [0.25, 0.3) is 0 Å². The first-order valence-corrected chi connectivity index (χ1v) is 8.20. The zero-order valence-corrected chi connectivity index (χ0v) is 15.0. The molecule has 0 aliphatic carbocycles. The highest BCUT2D eigenvalue weighted by atomic mass is 35.5. The van der Waals surface area contributed by atoms with Crippen LogP contribution in [-0.4, -0.2) is 11.9 Å². The average Bonchev–Trinajstić information content (AvgIpc) is 2.60. The Morgan fingerprint density at radius 1 is 0.840 bits per heavy atom. The maximum absolute atomic E-state index is 11.9. The lowest BCUT2D eigenvalue weighted by Gasteiger charge is -2.06. The van der Waals surface area contributed by atoms with Crippen LogP contribution in [-0.2, 0) is 32.3 Å².